The Balaban J connectivity index is 2.10. The second kappa shape index (κ2) is 8.35. The number of aromatic nitrogens is 1. The van der Waals surface area contributed by atoms with E-state index in [9.17, 15) is 13.2 Å². The Morgan fingerprint density at radius 2 is 1.88 bits per heavy atom. The summed E-state index contributed by atoms with van der Waals surface area (Å²) in [6.45, 7) is 6.07. The number of hydrogen-bond acceptors (Lipinski definition) is 5. The van der Waals surface area contributed by atoms with Gasteiger partial charge in [-0.3, -0.25) is 9.10 Å². The summed E-state index contributed by atoms with van der Waals surface area (Å²) >= 11 is 0. The highest BCUT2D eigenvalue weighted by Crippen LogP contribution is 2.18. The van der Waals surface area contributed by atoms with Crippen molar-refractivity contribution in [1.82, 2.24) is 10.1 Å². The maximum absolute atomic E-state index is 12.7. The van der Waals surface area contributed by atoms with Crippen molar-refractivity contribution >= 4 is 21.7 Å². The Bertz CT molecular complexity index is 831. The minimum Gasteiger partial charge on any atom is -0.360 e. The molecule has 1 amide bonds. The number of aryl methyl sites for hydroxylation is 1. The summed E-state index contributed by atoms with van der Waals surface area (Å²) in [5.74, 6) is 0.586. The first kappa shape index (κ1) is 20.0. The molecule has 0 bridgehead atoms. The number of nitrogens with zero attached hydrogens (tertiary/aromatic N) is 3. The zero-order valence-electron chi connectivity index (χ0n) is 15.5. The van der Waals surface area contributed by atoms with E-state index < -0.39 is 10.0 Å². The van der Waals surface area contributed by atoms with Gasteiger partial charge in [0.1, 0.15) is 5.76 Å². The maximum Gasteiger partial charge on any atom is 0.233 e. The molecule has 0 saturated heterocycles. The number of anilines is 1. The minimum absolute atomic E-state index is 0.00341. The van der Waals surface area contributed by atoms with Crippen molar-refractivity contribution in [3.63, 3.8) is 0 Å². The summed E-state index contributed by atoms with van der Waals surface area (Å²) in [6.07, 6.45) is 1.15. The number of rotatable bonds is 8. The van der Waals surface area contributed by atoms with E-state index in [1.54, 1.807) is 11.8 Å². The van der Waals surface area contributed by atoms with E-state index in [0.717, 1.165) is 16.1 Å². The predicted molar refractivity (Wildman–Crippen MR) is 100 cm³/mol. The van der Waals surface area contributed by atoms with Crippen LogP contribution in [-0.2, 0) is 21.4 Å². The number of sulfonamides is 1. The summed E-state index contributed by atoms with van der Waals surface area (Å²) in [5.41, 5.74) is 1.03. The quantitative estimate of drug-likeness (QED) is 0.704. The minimum atomic E-state index is -3.57. The van der Waals surface area contributed by atoms with Crippen LogP contribution in [0.5, 0.6) is 0 Å². The van der Waals surface area contributed by atoms with Gasteiger partial charge in [-0.05, 0) is 26.3 Å². The molecule has 0 unspecified atom stereocenters. The second-order valence-electron chi connectivity index (χ2n) is 6.48. The summed E-state index contributed by atoms with van der Waals surface area (Å²) in [5, 5.41) is 3.76. The van der Waals surface area contributed by atoms with Crippen LogP contribution in [0.1, 0.15) is 31.6 Å². The lowest BCUT2D eigenvalue weighted by atomic mass is 10.1. The fraction of sp³-hybridized carbons (Fsp3) is 0.444. The van der Waals surface area contributed by atoms with Gasteiger partial charge in [0.05, 0.1) is 6.26 Å². The first-order valence-electron chi connectivity index (χ1n) is 8.43. The molecule has 0 aliphatic heterocycles. The van der Waals surface area contributed by atoms with Crippen LogP contribution in [0.15, 0.2) is 40.9 Å². The van der Waals surface area contributed by atoms with Crippen molar-refractivity contribution in [3.05, 3.63) is 47.7 Å². The fourth-order valence-electron chi connectivity index (χ4n) is 2.60. The van der Waals surface area contributed by atoms with Crippen LogP contribution in [0.4, 0.5) is 5.82 Å². The van der Waals surface area contributed by atoms with Gasteiger partial charge in [-0.25, -0.2) is 8.42 Å². The van der Waals surface area contributed by atoms with Crippen LogP contribution in [0, 0.1) is 6.92 Å². The summed E-state index contributed by atoms with van der Waals surface area (Å²) in [7, 11) is -3.57. The van der Waals surface area contributed by atoms with Crippen LogP contribution in [0.2, 0.25) is 0 Å². The SMILES string of the molecule is Cc1cc(N(CCC(=O)N(Cc2ccccc2)C(C)C)S(C)(=O)=O)no1. The Kier molecular flexibility index (Phi) is 6.42. The lowest BCUT2D eigenvalue weighted by Gasteiger charge is -2.28. The highest BCUT2D eigenvalue weighted by molar-refractivity contribution is 7.92. The molecule has 0 fully saturated rings. The van der Waals surface area contributed by atoms with Gasteiger partial charge in [-0.1, -0.05) is 35.5 Å². The van der Waals surface area contributed by atoms with Crippen molar-refractivity contribution in [3.8, 4) is 0 Å². The van der Waals surface area contributed by atoms with E-state index in [1.807, 2.05) is 44.2 Å². The van der Waals surface area contributed by atoms with Gasteiger partial charge in [0.2, 0.25) is 15.9 Å². The van der Waals surface area contributed by atoms with E-state index in [0.29, 0.717) is 12.3 Å². The predicted octanol–water partition coefficient (Wildman–Crippen LogP) is 2.58. The van der Waals surface area contributed by atoms with Crippen LogP contribution in [-0.4, -0.2) is 43.2 Å². The zero-order valence-corrected chi connectivity index (χ0v) is 16.4. The number of benzene rings is 1. The number of amides is 1. The van der Waals surface area contributed by atoms with Gasteiger partial charge in [0.25, 0.3) is 0 Å². The molecule has 0 aliphatic carbocycles. The lowest BCUT2D eigenvalue weighted by molar-refractivity contribution is -0.133. The molecule has 0 saturated carbocycles. The summed E-state index contributed by atoms with van der Waals surface area (Å²) in [4.78, 5) is 14.5. The highest BCUT2D eigenvalue weighted by Gasteiger charge is 2.24. The first-order chi connectivity index (χ1) is 12.2. The topological polar surface area (TPSA) is 83.7 Å². The molecule has 1 heterocycles. The van der Waals surface area contributed by atoms with E-state index in [1.165, 1.54) is 6.07 Å². The molecule has 0 radical (unpaired) electrons. The van der Waals surface area contributed by atoms with E-state index in [2.05, 4.69) is 5.16 Å². The van der Waals surface area contributed by atoms with Crippen molar-refractivity contribution in [2.24, 2.45) is 0 Å². The molecule has 2 aromatic rings. The average Bonchev–Trinajstić information content (AvgIpc) is 2.98. The van der Waals surface area contributed by atoms with E-state index in [-0.39, 0.29) is 30.7 Å². The Labute approximate surface area is 154 Å². The molecule has 2 rings (SSSR count). The molecule has 1 aromatic heterocycles. The third-order valence-corrected chi connectivity index (χ3v) is 5.11. The summed E-state index contributed by atoms with van der Waals surface area (Å²) in [6, 6.07) is 11.2. The maximum atomic E-state index is 12.7. The van der Waals surface area contributed by atoms with Gasteiger partial charge in [-0.15, -0.1) is 0 Å². The van der Waals surface area contributed by atoms with Crippen LogP contribution in [0.25, 0.3) is 0 Å². The van der Waals surface area contributed by atoms with Crippen LogP contribution >= 0.6 is 0 Å². The number of carbonyl (C=O) groups excluding carboxylic acids is 1. The van der Waals surface area contributed by atoms with Crippen molar-refractivity contribution in [2.75, 3.05) is 17.1 Å². The number of hydrogen-bond donors (Lipinski definition) is 0. The highest BCUT2D eigenvalue weighted by atomic mass is 32.2. The monoisotopic (exact) mass is 379 g/mol. The van der Waals surface area contributed by atoms with Crippen LogP contribution in [0.3, 0.4) is 0 Å². The molecule has 7 nitrogen and oxygen atoms in total. The van der Waals surface area contributed by atoms with Gasteiger partial charge >= 0.3 is 0 Å². The smallest absolute Gasteiger partial charge is 0.233 e. The molecule has 0 N–H and O–H groups in total. The standard InChI is InChI=1S/C18H25N3O4S/c1-14(2)20(13-16-8-6-5-7-9-16)18(22)10-11-21(26(4,23)24)17-12-15(3)25-19-17/h5-9,12,14H,10-11,13H2,1-4H3. The van der Waals surface area contributed by atoms with E-state index in [4.69, 9.17) is 4.52 Å². The van der Waals surface area contributed by atoms with Crippen LogP contribution < -0.4 is 4.31 Å². The fourth-order valence-corrected chi connectivity index (χ4v) is 3.45. The summed E-state index contributed by atoms with van der Waals surface area (Å²) < 4.78 is 30.2. The zero-order chi connectivity index (χ0) is 19.3. The molecule has 1 aromatic carbocycles. The first-order valence-corrected chi connectivity index (χ1v) is 10.3. The normalized spacial score (nSPS) is 11.6. The molecule has 0 spiro atoms. The third-order valence-electron chi connectivity index (χ3n) is 3.94. The lowest BCUT2D eigenvalue weighted by Crippen LogP contribution is -2.39. The van der Waals surface area contributed by atoms with Crippen molar-refractivity contribution in [2.45, 2.75) is 39.8 Å². The molecule has 0 aliphatic rings. The molecule has 8 heteroatoms. The van der Waals surface area contributed by atoms with Crippen molar-refractivity contribution in [1.29, 1.82) is 0 Å². The number of carbonyl (C=O) groups is 1. The Morgan fingerprint density at radius 1 is 1.23 bits per heavy atom. The van der Waals surface area contributed by atoms with Gasteiger partial charge in [-0.2, -0.15) is 0 Å². The molecular weight excluding hydrogens is 354 g/mol. The molecule has 0 atom stereocenters. The molecule has 142 valence electrons. The molecular formula is C18H25N3O4S. The average molecular weight is 379 g/mol. The largest absolute Gasteiger partial charge is 0.360 e. The van der Waals surface area contributed by atoms with Gasteiger partial charge < -0.3 is 9.42 Å². The second-order valence-corrected chi connectivity index (χ2v) is 8.39. The van der Waals surface area contributed by atoms with E-state index >= 15 is 0 Å². The molecule has 26 heavy (non-hydrogen) atoms. The van der Waals surface area contributed by atoms with Gasteiger partial charge in [0, 0.05) is 31.6 Å². The third kappa shape index (κ3) is 5.32. The van der Waals surface area contributed by atoms with Gasteiger partial charge in [0.15, 0.2) is 5.82 Å². The Hall–Kier alpha value is -2.35. The Morgan fingerprint density at radius 3 is 2.38 bits per heavy atom. The van der Waals surface area contributed by atoms with Crippen molar-refractivity contribution < 1.29 is 17.7 Å².